The highest BCUT2D eigenvalue weighted by Gasteiger charge is 2.10. The lowest BCUT2D eigenvalue weighted by Gasteiger charge is -2.03. The van der Waals surface area contributed by atoms with Gasteiger partial charge in [-0.25, -0.2) is 4.98 Å². The van der Waals surface area contributed by atoms with E-state index < -0.39 is 0 Å². The van der Waals surface area contributed by atoms with Crippen LogP contribution in [0.15, 0.2) is 42.5 Å². The standard InChI is InChI=1S/C16H16N2S/c1-11-4-3-5-13(8-11)16-17-14-7-6-12(10-19)9-15(14)18(16)2/h3-9,19H,10H2,1-2H3. The molecule has 2 aromatic carbocycles. The molecule has 0 saturated heterocycles. The molecule has 0 aliphatic rings. The summed E-state index contributed by atoms with van der Waals surface area (Å²) in [5, 5.41) is 0. The first-order valence-electron chi connectivity index (χ1n) is 6.32. The van der Waals surface area contributed by atoms with Crippen molar-refractivity contribution in [3.63, 3.8) is 0 Å². The molecule has 0 saturated carbocycles. The van der Waals surface area contributed by atoms with Crippen LogP contribution in [-0.2, 0) is 12.8 Å². The Morgan fingerprint density at radius 1 is 1.16 bits per heavy atom. The second-order valence-corrected chi connectivity index (χ2v) is 5.16. The number of benzene rings is 2. The highest BCUT2D eigenvalue weighted by atomic mass is 32.1. The maximum Gasteiger partial charge on any atom is 0.140 e. The Morgan fingerprint density at radius 2 is 2.00 bits per heavy atom. The molecule has 0 spiro atoms. The summed E-state index contributed by atoms with van der Waals surface area (Å²) >= 11 is 4.33. The maximum absolute atomic E-state index is 4.74. The minimum atomic E-state index is 0.751. The summed E-state index contributed by atoms with van der Waals surface area (Å²) < 4.78 is 2.15. The van der Waals surface area contributed by atoms with Gasteiger partial charge in [-0.2, -0.15) is 12.6 Å². The quantitative estimate of drug-likeness (QED) is 0.696. The lowest BCUT2D eigenvalue weighted by molar-refractivity contribution is 0.958. The third-order valence-corrected chi connectivity index (χ3v) is 3.77. The zero-order valence-electron chi connectivity index (χ0n) is 11.1. The van der Waals surface area contributed by atoms with Crippen molar-refractivity contribution in [2.45, 2.75) is 12.7 Å². The Labute approximate surface area is 118 Å². The van der Waals surface area contributed by atoms with E-state index in [9.17, 15) is 0 Å². The highest BCUT2D eigenvalue weighted by molar-refractivity contribution is 7.79. The molecule has 0 radical (unpaired) electrons. The van der Waals surface area contributed by atoms with Crippen LogP contribution in [0.25, 0.3) is 22.4 Å². The number of thiol groups is 1. The highest BCUT2D eigenvalue weighted by Crippen LogP contribution is 2.25. The van der Waals surface area contributed by atoms with Crippen LogP contribution in [0.2, 0.25) is 0 Å². The molecule has 2 nitrogen and oxygen atoms in total. The van der Waals surface area contributed by atoms with Crippen molar-refractivity contribution in [2.24, 2.45) is 7.05 Å². The molecule has 96 valence electrons. The normalized spacial score (nSPS) is 11.1. The molecule has 0 fully saturated rings. The van der Waals surface area contributed by atoms with E-state index in [1.54, 1.807) is 0 Å². The smallest absolute Gasteiger partial charge is 0.140 e. The van der Waals surface area contributed by atoms with E-state index in [1.807, 2.05) is 0 Å². The van der Waals surface area contributed by atoms with Gasteiger partial charge in [0.05, 0.1) is 11.0 Å². The van der Waals surface area contributed by atoms with Crippen molar-refractivity contribution in [3.05, 3.63) is 53.6 Å². The lowest BCUT2D eigenvalue weighted by atomic mass is 10.1. The molecule has 0 atom stereocenters. The number of aromatic nitrogens is 2. The van der Waals surface area contributed by atoms with Crippen molar-refractivity contribution >= 4 is 23.7 Å². The minimum Gasteiger partial charge on any atom is -0.327 e. The summed E-state index contributed by atoms with van der Waals surface area (Å²) in [7, 11) is 2.06. The van der Waals surface area contributed by atoms with E-state index in [1.165, 1.54) is 11.1 Å². The monoisotopic (exact) mass is 268 g/mol. The van der Waals surface area contributed by atoms with Crippen molar-refractivity contribution < 1.29 is 0 Å². The Hall–Kier alpha value is -1.74. The Morgan fingerprint density at radius 3 is 2.74 bits per heavy atom. The number of aryl methyl sites for hydroxylation is 2. The molecule has 3 heteroatoms. The van der Waals surface area contributed by atoms with E-state index in [4.69, 9.17) is 4.98 Å². The number of fused-ring (bicyclic) bond motifs is 1. The van der Waals surface area contributed by atoms with E-state index in [0.717, 1.165) is 28.2 Å². The molecule has 0 N–H and O–H groups in total. The van der Waals surface area contributed by atoms with Gasteiger partial charge in [0.25, 0.3) is 0 Å². The molecule has 0 bridgehead atoms. The molecular weight excluding hydrogens is 252 g/mol. The van der Waals surface area contributed by atoms with E-state index in [0.29, 0.717) is 0 Å². The summed E-state index contributed by atoms with van der Waals surface area (Å²) in [6, 6.07) is 14.8. The Kier molecular flexibility index (Phi) is 3.07. The van der Waals surface area contributed by atoms with E-state index in [2.05, 4.69) is 73.6 Å². The summed E-state index contributed by atoms with van der Waals surface area (Å²) in [6.07, 6.45) is 0. The van der Waals surface area contributed by atoms with E-state index >= 15 is 0 Å². The molecule has 0 unspecified atom stereocenters. The zero-order valence-corrected chi connectivity index (χ0v) is 12.0. The Bertz CT molecular complexity index is 744. The number of hydrogen-bond donors (Lipinski definition) is 1. The van der Waals surface area contributed by atoms with Gasteiger partial charge < -0.3 is 4.57 Å². The molecule has 0 aliphatic heterocycles. The fourth-order valence-electron chi connectivity index (χ4n) is 2.38. The minimum absolute atomic E-state index is 0.751. The molecule has 1 heterocycles. The maximum atomic E-state index is 4.74. The predicted molar refractivity (Wildman–Crippen MR) is 83.6 cm³/mol. The summed E-state index contributed by atoms with van der Waals surface area (Å²) in [5.74, 6) is 1.76. The zero-order chi connectivity index (χ0) is 13.4. The molecule has 3 rings (SSSR count). The van der Waals surface area contributed by atoms with Gasteiger partial charge in [-0.1, -0.05) is 29.8 Å². The van der Waals surface area contributed by atoms with Crippen LogP contribution >= 0.6 is 12.6 Å². The van der Waals surface area contributed by atoms with Crippen LogP contribution in [-0.4, -0.2) is 9.55 Å². The van der Waals surface area contributed by atoms with Crippen molar-refractivity contribution in [1.82, 2.24) is 9.55 Å². The van der Waals surface area contributed by atoms with Crippen LogP contribution in [0.5, 0.6) is 0 Å². The average molecular weight is 268 g/mol. The van der Waals surface area contributed by atoms with Crippen molar-refractivity contribution in [2.75, 3.05) is 0 Å². The van der Waals surface area contributed by atoms with Crippen LogP contribution in [0.3, 0.4) is 0 Å². The molecule has 1 aromatic heterocycles. The molecule has 3 aromatic rings. The van der Waals surface area contributed by atoms with Gasteiger partial charge in [-0.3, -0.25) is 0 Å². The Balaban J connectivity index is 2.22. The first-order valence-corrected chi connectivity index (χ1v) is 6.95. The van der Waals surface area contributed by atoms with Gasteiger partial charge in [0.15, 0.2) is 0 Å². The number of imidazole rings is 1. The SMILES string of the molecule is Cc1cccc(-c2nc3ccc(CS)cc3n2C)c1. The predicted octanol–water partition coefficient (Wildman–Crippen LogP) is 3.98. The fraction of sp³-hybridized carbons (Fsp3) is 0.188. The topological polar surface area (TPSA) is 17.8 Å². The van der Waals surface area contributed by atoms with Gasteiger partial charge in [0.1, 0.15) is 5.82 Å². The third kappa shape index (κ3) is 2.15. The number of hydrogen-bond acceptors (Lipinski definition) is 2. The first-order chi connectivity index (χ1) is 9.19. The summed E-state index contributed by atoms with van der Waals surface area (Å²) in [4.78, 5) is 4.74. The summed E-state index contributed by atoms with van der Waals surface area (Å²) in [6.45, 7) is 2.10. The van der Waals surface area contributed by atoms with Crippen LogP contribution in [0, 0.1) is 6.92 Å². The second-order valence-electron chi connectivity index (χ2n) is 4.85. The van der Waals surface area contributed by atoms with Gasteiger partial charge >= 0.3 is 0 Å². The van der Waals surface area contributed by atoms with Crippen LogP contribution in [0.4, 0.5) is 0 Å². The summed E-state index contributed by atoms with van der Waals surface area (Å²) in [5.41, 5.74) is 5.81. The molecule has 19 heavy (non-hydrogen) atoms. The lowest BCUT2D eigenvalue weighted by Crippen LogP contribution is -1.93. The van der Waals surface area contributed by atoms with Gasteiger partial charge in [-0.15, -0.1) is 0 Å². The molecular formula is C16H16N2S. The largest absolute Gasteiger partial charge is 0.327 e. The van der Waals surface area contributed by atoms with Crippen LogP contribution in [0.1, 0.15) is 11.1 Å². The third-order valence-electron chi connectivity index (χ3n) is 3.40. The number of nitrogens with zero attached hydrogens (tertiary/aromatic N) is 2. The first kappa shape index (κ1) is 12.3. The van der Waals surface area contributed by atoms with Gasteiger partial charge in [0, 0.05) is 18.4 Å². The van der Waals surface area contributed by atoms with Crippen LogP contribution < -0.4 is 0 Å². The van der Waals surface area contributed by atoms with Crippen molar-refractivity contribution in [3.8, 4) is 11.4 Å². The van der Waals surface area contributed by atoms with Crippen molar-refractivity contribution in [1.29, 1.82) is 0 Å². The molecule has 0 amide bonds. The van der Waals surface area contributed by atoms with E-state index in [-0.39, 0.29) is 0 Å². The average Bonchev–Trinajstić information content (AvgIpc) is 2.76. The fourth-order valence-corrected chi connectivity index (χ4v) is 2.57. The van der Waals surface area contributed by atoms with Gasteiger partial charge in [0.2, 0.25) is 0 Å². The van der Waals surface area contributed by atoms with Gasteiger partial charge in [-0.05, 0) is 30.7 Å². The number of rotatable bonds is 2. The second kappa shape index (κ2) is 4.74. The molecule has 0 aliphatic carbocycles.